The van der Waals surface area contributed by atoms with Gasteiger partial charge in [-0.25, -0.2) is 0 Å². The Morgan fingerprint density at radius 3 is 1.64 bits per heavy atom. The van der Waals surface area contributed by atoms with E-state index in [2.05, 4.69) is 0 Å². The number of amides is 2. The predicted octanol–water partition coefficient (Wildman–Crippen LogP) is 3.60. The van der Waals surface area contributed by atoms with Crippen LogP contribution in [0.1, 0.15) is 37.9 Å². The molecule has 0 aromatic heterocycles. The van der Waals surface area contributed by atoms with Crippen LogP contribution in [0.3, 0.4) is 0 Å². The Labute approximate surface area is 161 Å². The highest BCUT2D eigenvalue weighted by atomic mass is 16.5. The third-order valence-electron chi connectivity index (χ3n) is 5.19. The van der Waals surface area contributed by atoms with Crippen molar-refractivity contribution in [2.24, 2.45) is 0 Å². The molecule has 0 radical (unpaired) electrons. The molecule has 1 aliphatic carbocycles. The molecule has 0 saturated carbocycles. The normalized spacial score (nSPS) is 14.6. The van der Waals surface area contributed by atoms with Gasteiger partial charge in [-0.1, -0.05) is 60.7 Å². The van der Waals surface area contributed by atoms with E-state index in [1.807, 2.05) is 48.5 Å². The van der Waals surface area contributed by atoms with Crippen LogP contribution in [0.4, 0.5) is 0 Å². The van der Waals surface area contributed by atoms with Gasteiger partial charge in [-0.15, -0.1) is 0 Å². The Bertz CT molecular complexity index is 1070. The summed E-state index contributed by atoms with van der Waals surface area (Å²) >= 11 is 0. The average Bonchev–Trinajstić information content (AvgIpc) is 3.17. The number of nitrogens with zero attached hydrogens (tertiary/aromatic N) is 1. The molecule has 5 rings (SSSR count). The number of rotatable bonds is 3. The van der Waals surface area contributed by atoms with Crippen LogP contribution < -0.4 is 0 Å². The minimum atomic E-state index is -0.619. The number of esters is 1. The standard InChI is InChI=1S/C23H15NO4/c25-20(13-24-22(26)18-11-5-6-12-19(18)23(24)27)28-21-16-9-3-1-7-14(16)15-8-2-4-10-17(15)21/h1-12,21H,13H2. The van der Waals surface area contributed by atoms with Gasteiger partial charge in [-0.05, 0) is 23.3 Å². The maximum absolute atomic E-state index is 12.6. The summed E-state index contributed by atoms with van der Waals surface area (Å²) in [6.07, 6.45) is -0.546. The van der Waals surface area contributed by atoms with E-state index < -0.39 is 30.4 Å². The lowest BCUT2D eigenvalue weighted by Crippen LogP contribution is -2.36. The second-order valence-corrected chi connectivity index (χ2v) is 6.79. The molecule has 5 nitrogen and oxygen atoms in total. The van der Waals surface area contributed by atoms with E-state index in [1.54, 1.807) is 24.3 Å². The number of imide groups is 1. The molecule has 136 valence electrons. The number of ether oxygens (including phenoxy) is 1. The van der Waals surface area contributed by atoms with Crippen molar-refractivity contribution in [1.82, 2.24) is 4.90 Å². The van der Waals surface area contributed by atoms with Crippen molar-refractivity contribution in [2.45, 2.75) is 6.10 Å². The Balaban J connectivity index is 1.40. The molecule has 5 heteroatoms. The monoisotopic (exact) mass is 369 g/mol. The van der Waals surface area contributed by atoms with Crippen LogP contribution in [0.15, 0.2) is 72.8 Å². The SMILES string of the molecule is O=C(CN1C(=O)c2ccccc2C1=O)OC1c2ccccc2-c2ccccc21. The van der Waals surface area contributed by atoms with Crippen molar-refractivity contribution in [3.05, 3.63) is 95.1 Å². The molecule has 1 heterocycles. The van der Waals surface area contributed by atoms with Crippen molar-refractivity contribution in [3.8, 4) is 11.1 Å². The van der Waals surface area contributed by atoms with E-state index in [0.29, 0.717) is 11.1 Å². The fourth-order valence-corrected chi connectivity index (χ4v) is 3.92. The third-order valence-corrected chi connectivity index (χ3v) is 5.19. The number of fused-ring (bicyclic) bond motifs is 4. The number of benzene rings is 3. The van der Waals surface area contributed by atoms with Gasteiger partial charge in [-0.3, -0.25) is 19.3 Å². The average molecular weight is 369 g/mol. The summed E-state index contributed by atoms with van der Waals surface area (Å²) in [6, 6.07) is 22.1. The van der Waals surface area contributed by atoms with Gasteiger partial charge in [0.25, 0.3) is 11.8 Å². The van der Waals surface area contributed by atoms with Crippen molar-refractivity contribution in [2.75, 3.05) is 6.54 Å². The second-order valence-electron chi connectivity index (χ2n) is 6.79. The first-order valence-corrected chi connectivity index (χ1v) is 8.98. The van der Waals surface area contributed by atoms with E-state index >= 15 is 0 Å². The zero-order chi connectivity index (χ0) is 19.3. The van der Waals surface area contributed by atoms with Gasteiger partial charge in [0.05, 0.1) is 11.1 Å². The van der Waals surface area contributed by atoms with Crippen LogP contribution in [0.5, 0.6) is 0 Å². The zero-order valence-electron chi connectivity index (χ0n) is 14.8. The lowest BCUT2D eigenvalue weighted by molar-refractivity contribution is -0.147. The number of carbonyl (C=O) groups is 3. The summed E-state index contributed by atoms with van der Waals surface area (Å²) in [4.78, 5) is 38.5. The van der Waals surface area contributed by atoms with Crippen LogP contribution in [-0.4, -0.2) is 29.2 Å². The summed E-state index contributed by atoms with van der Waals surface area (Å²) in [6.45, 7) is -0.410. The molecular formula is C23H15NO4. The Morgan fingerprint density at radius 2 is 1.14 bits per heavy atom. The lowest BCUT2D eigenvalue weighted by Gasteiger charge is -2.18. The lowest BCUT2D eigenvalue weighted by atomic mass is 10.1. The first-order chi connectivity index (χ1) is 13.6. The van der Waals surface area contributed by atoms with Crippen molar-refractivity contribution >= 4 is 17.8 Å². The second kappa shape index (κ2) is 6.16. The molecule has 0 atom stereocenters. The molecule has 2 amide bonds. The molecular weight excluding hydrogens is 354 g/mol. The maximum atomic E-state index is 12.6. The Morgan fingerprint density at radius 1 is 0.714 bits per heavy atom. The number of hydrogen-bond donors (Lipinski definition) is 0. The van der Waals surface area contributed by atoms with E-state index in [-0.39, 0.29) is 0 Å². The molecule has 2 aliphatic rings. The molecule has 3 aromatic carbocycles. The molecule has 0 N–H and O–H groups in total. The van der Waals surface area contributed by atoms with E-state index in [9.17, 15) is 14.4 Å². The minimum absolute atomic E-state index is 0.317. The van der Waals surface area contributed by atoms with Gasteiger partial charge in [0.2, 0.25) is 0 Å². The fourth-order valence-electron chi connectivity index (χ4n) is 3.92. The molecule has 0 unspecified atom stereocenters. The highest BCUT2D eigenvalue weighted by Crippen LogP contribution is 2.45. The molecule has 1 aliphatic heterocycles. The highest BCUT2D eigenvalue weighted by Gasteiger charge is 2.38. The zero-order valence-corrected chi connectivity index (χ0v) is 14.8. The van der Waals surface area contributed by atoms with Crippen molar-refractivity contribution < 1.29 is 19.1 Å². The molecule has 3 aromatic rings. The molecule has 28 heavy (non-hydrogen) atoms. The molecule has 0 saturated heterocycles. The summed E-state index contributed by atoms with van der Waals surface area (Å²) in [5, 5.41) is 0. The summed E-state index contributed by atoms with van der Waals surface area (Å²) < 4.78 is 5.74. The van der Waals surface area contributed by atoms with Crippen molar-refractivity contribution in [3.63, 3.8) is 0 Å². The van der Waals surface area contributed by atoms with Gasteiger partial charge < -0.3 is 4.74 Å². The smallest absolute Gasteiger partial charge is 0.327 e. The summed E-state index contributed by atoms with van der Waals surface area (Å²) in [7, 11) is 0. The third kappa shape index (κ3) is 2.36. The van der Waals surface area contributed by atoms with E-state index in [4.69, 9.17) is 4.74 Å². The van der Waals surface area contributed by atoms with Crippen LogP contribution in [0.25, 0.3) is 11.1 Å². The number of carbonyl (C=O) groups excluding carboxylic acids is 3. The summed E-state index contributed by atoms with van der Waals surface area (Å²) in [5.74, 6) is -1.56. The first-order valence-electron chi connectivity index (χ1n) is 8.98. The largest absolute Gasteiger partial charge is 0.451 e. The van der Waals surface area contributed by atoms with E-state index in [0.717, 1.165) is 27.2 Å². The van der Waals surface area contributed by atoms with Crippen molar-refractivity contribution in [1.29, 1.82) is 0 Å². The first kappa shape index (κ1) is 16.4. The van der Waals surface area contributed by atoms with Crippen LogP contribution in [-0.2, 0) is 9.53 Å². The van der Waals surface area contributed by atoms with Gasteiger partial charge in [0, 0.05) is 11.1 Å². The predicted molar refractivity (Wildman–Crippen MR) is 102 cm³/mol. The van der Waals surface area contributed by atoms with Gasteiger partial charge in [0.1, 0.15) is 6.54 Å². The van der Waals surface area contributed by atoms with Crippen LogP contribution in [0, 0.1) is 0 Å². The van der Waals surface area contributed by atoms with Crippen LogP contribution >= 0.6 is 0 Å². The van der Waals surface area contributed by atoms with Gasteiger partial charge in [0.15, 0.2) is 6.10 Å². The van der Waals surface area contributed by atoms with E-state index in [1.165, 1.54) is 0 Å². The quantitative estimate of drug-likeness (QED) is 0.523. The topological polar surface area (TPSA) is 63.7 Å². The maximum Gasteiger partial charge on any atom is 0.327 e. The molecule has 0 fully saturated rings. The molecule has 0 bridgehead atoms. The molecule has 0 spiro atoms. The Hall–Kier alpha value is -3.73. The number of hydrogen-bond acceptors (Lipinski definition) is 4. The Kier molecular flexibility index (Phi) is 3.62. The van der Waals surface area contributed by atoms with Gasteiger partial charge >= 0.3 is 5.97 Å². The fraction of sp³-hybridized carbons (Fsp3) is 0.0870. The summed E-state index contributed by atoms with van der Waals surface area (Å²) in [5.41, 5.74) is 4.49. The minimum Gasteiger partial charge on any atom is -0.451 e. The van der Waals surface area contributed by atoms with Crippen LogP contribution in [0.2, 0.25) is 0 Å². The van der Waals surface area contributed by atoms with Gasteiger partial charge in [-0.2, -0.15) is 0 Å². The highest BCUT2D eigenvalue weighted by molar-refractivity contribution is 6.22.